The van der Waals surface area contributed by atoms with Crippen LogP contribution in [0.15, 0.2) is 29.2 Å². The van der Waals surface area contributed by atoms with Crippen LogP contribution in [0.1, 0.15) is 207 Å². The number of rotatable bonds is 32. The molecule has 5 heteroatoms. The molecule has 0 heterocycles. The Morgan fingerprint density at radius 2 is 0.745 bits per heavy atom. The van der Waals surface area contributed by atoms with Gasteiger partial charge in [0.25, 0.3) is 0 Å². The molecule has 0 spiro atoms. The summed E-state index contributed by atoms with van der Waals surface area (Å²) in [5.74, 6) is 0. The van der Waals surface area contributed by atoms with Crippen molar-refractivity contribution in [3.8, 4) is 0 Å². The molecule has 0 aromatic heterocycles. The first-order valence-corrected chi connectivity index (χ1v) is 22.1. The molecule has 0 unspecified atom stereocenters. The van der Waals surface area contributed by atoms with Crippen LogP contribution in [0.4, 0.5) is 0 Å². The van der Waals surface area contributed by atoms with E-state index >= 15 is 0 Å². The Morgan fingerprint density at radius 1 is 0.447 bits per heavy atom. The van der Waals surface area contributed by atoms with E-state index in [-0.39, 0.29) is 4.90 Å². The Balaban J connectivity index is 0.000000907. The second-order valence-electron chi connectivity index (χ2n) is 14.5. The van der Waals surface area contributed by atoms with Gasteiger partial charge in [-0.25, -0.2) is 8.42 Å². The van der Waals surface area contributed by atoms with E-state index in [9.17, 15) is 13.0 Å². The van der Waals surface area contributed by atoms with Crippen molar-refractivity contribution in [3.05, 3.63) is 29.8 Å². The number of hydrogen-bond acceptors (Lipinski definition) is 3. The molecular formula is C42H81NO3S. The SMILES string of the molecule is CCCCCCCCCCCCc1ccccc1S(=O)(=O)[O-].CCCCCC[N+](CCCCCC)(CCCCCC)CCCCCC. The molecule has 0 atom stereocenters. The molecule has 0 aliphatic carbocycles. The molecule has 1 rings (SSSR count). The van der Waals surface area contributed by atoms with E-state index in [1.807, 2.05) is 0 Å². The van der Waals surface area contributed by atoms with Crippen LogP contribution in [0.5, 0.6) is 0 Å². The van der Waals surface area contributed by atoms with Crippen LogP contribution in [0.25, 0.3) is 0 Å². The van der Waals surface area contributed by atoms with Gasteiger partial charge in [-0.05, 0) is 75.8 Å². The third-order valence-corrected chi connectivity index (χ3v) is 10.9. The third kappa shape index (κ3) is 26.6. The first kappa shape index (κ1) is 46.1. The van der Waals surface area contributed by atoms with Gasteiger partial charge in [-0.3, -0.25) is 0 Å². The first-order chi connectivity index (χ1) is 22.8. The average Bonchev–Trinajstić information content (AvgIpc) is 3.06. The Morgan fingerprint density at radius 3 is 1.09 bits per heavy atom. The maximum absolute atomic E-state index is 11.2. The maximum Gasteiger partial charge on any atom is 0.124 e. The maximum atomic E-state index is 11.2. The smallest absolute Gasteiger partial charge is 0.124 e. The van der Waals surface area contributed by atoms with Gasteiger partial charge in [0.1, 0.15) is 10.1 Å². The molecule has 0 aliphatic rings. The van der Waals surface area contributed by atoms with Gasteiger partial charge in [-0.15, -0.1) is 0 Å². The molecule has 0 radical (unpaired) electrons. The lowest BCUT2D eigenvalue weighted by molar-refractivity contribution is -0.929. The van der Waals surface area contributed by atoms with Crippen molar-refractivity contribution in [1.82, 2.24) is 0 Å². The van der Waals surface area contributed by atoms with E-state index in [0.29, 0.717) is 12.0 Å². The number of quaternary nitrogens is 1. The lowest BCUT2D eigenvalue weighted by atomic mass is 10.0. The van der Waals surface area contributed by atoms with Crippen molar-refractivity contribution in [1.29, 1.82) is 0 Å². The van der Waals surface area contributed by atoms with Crippen LogP contribution in [-0.2, 0) is 16.5 Å². The van der Waals surface area contributed by atoms with Crippen molar-refractivity contribution in [3.63, 3.8) is 0 Å². The zero-order chi connectivity index (χ0) is 34.9. The zero-order valence-electron chi connectivity index (χ0n) is 32.3. The molecule has 0 aliphatic heterocycles. The summed E-state index contributed by atoms with van der Waals surface area (Å²) in [5.41, 5.74) is 0.664. The Labute approximate surface area is 295 Å². The van der Waals surface area contributed by atoms with Gasteiger partial charge in [-0.2, -0.15) is 0 Å². The molecular weight excluding hydrogens is 599 g/mol. The Kier molecular flexibility index (Phi) is 31.7. The van der Waals surface area contributed by atoms with Crippen LogP contribution < -0.4 is 0 Å². The summed E-state index contributed by atoms with van der Waals surface area (Å²) in [6.07, 6.45) is 36.0. The predicted molar refractivity (Wildman–Crippen MR) is 206 cm³/mol. The van der Waals surface area contributed by atoms with Crippen molar-refractivity contribution >= 4 is 10.1 Å². The highest BCUT2D eigenvalue weighted by molar-refractivity contribution is 7.85. The van der Waals surface area contributed by atoms with Gasteiger partial charge in [0.15, 0.2) is 0 Å². The van der Waals surface area contributed by atoms with Gasteiger partial charge < -0.3 is 9.04 Å². The van der Waals surface area contributed by atoms with E-state index in [1.54, 1.807) is 18.2 Å². The summed E-state index contributed by atoms with van der Waals surface area (Å²) in [6.45, 7) is 17.4. The van der Waals surface area contributed by atoms with Crippen molar-refractivity contribution in [2.75, 3.05) is 26.2 Å². The van der Waals surface area contributed by atoms with Crippen LogP contribution in [-0.4, -0.2) is 43.6 Å². The van der Waals surface area contributed by atoms with Gasteiger partial charge >= 0.3 is 0 Å². The fourth-order valence-corrected chi connectivity index (χ4v) is 7.66. The van der Waals surface area contributed by atoms with E-state index in [1.165, 1.54) is 191 Å². The van der Waals surface area contributed by atoms with Crippen molar-refractivity contribution in [2.24, 2.45) is 0 Å². The minimum atomic E-state index is -4.35. The van der Waals surface area contributed by atoms with E-state index in [0.717, 1.165) is 12.8 Å². The summed E-state index contributed by atoms with van der Waals surface area (Å²) in [6, 6.07) is 6.56. The molecule has 0 saturated heterocycles. The second kappa shape index (κ2) is 32.3. The van der Waals surface area contributed by atoms with Crippen LogP contribution in [0.2, 0.25) is 0 Å². The highest BCUT2D eigenvalue weighted by Crippen LogP contribution is 2.20. The summed E-state index contributed by atoms with van der Waals surface area (Å²) < 4.78 is 35.0. The van der Waals surface area contributed by atoms with E-state index in [4.69, 9.17) is 0 Å². The van der Waals surface area contributed by atoms with Gasteiger partial charge in [0.2, 0.25) is 0 Å². The fraction of sp³-hybridized carbons (Fsp3) is 0.857. The van der Waals surface area contributed by atoms with Gasteiger partial charge in [-0.1, -0.05) is 162 Å². The predicted octanol–water partition coefficient (Wildman–Crippen LogP) is 13.2. The second-order valence-corrected chi connectivity index (χ2v) is 15.8. The van der Waals surface area contributed by atoms with Crippen molar-refractivity contribution in [2.45, 2.75) is 213 Å². The quantitative estimate of drug-likeness (QED) is 0.0432. The molecule has 278 valence electrons. The van der Waals surface area contributed by atoms with E-state index in [2.05, 4.69) is 34.6 Å². The summed E-state index contributed by atoms with van der Waals surface area (Å²) in [7, 11) is -4.35. The highest BCUT2D eigenvalue weighted by atomic mass is 32.2. The number of hydrogen-bond donors (Lipinski definition) is 0. The third-order valence-electron chi connectivity index (χ3n) is 9.99. The molecule has 1 aromatic rings. The molecule has 0 saturated carbocycles. The van der Waals surface area contributed by atoms with Crippen molar-refractivity contribution < 1.29 is 17.5 Å². The Hall–Kier alpha value is -0.910. The zero-order valence-corrected chi connectivity index (χ0v) is 33.1. The normalized spacial score (nSPS) is 11.9. The first-order valence-electron chi connectivity index (χ1n) is 20.7. The molecule has 1 aromatic carbocycles. The average molecular weight is 680 g/mol. The summed E-state index contributed by atoms with van der Waals surface area (Å²) in [5, 5.41) is 0. The molecule has 0 fully saturated rings. The molecule has 0 amide bonds. The van der Waals surface area contributed by atoms with Crippen LogP contribution in [0.3, 0.4) is 0 Å². The minimum Gasteiger partial charge on any atom is -0.744 e. The van der Waals surface area contributed by atoms with Crippen LogP contribution >= 0.6 is 0 Å². The summed E-state index contributed by atoms with van der Waals surface area (Å²) in [4.78, 5) is -0.0501. The largest absolute Gasteiger partial charge is 0.744 e. The number of unbranched alkanes of at least 4 members (excludes halogenated alkanes) is 21. The topological polar surface area (TPSA) is 57.2 Å². The number of nitrogens with zero attached hydrogens (tertiary/aromatic N) is 1. The monoisotopic (exact) mass is 680 g/mol. The molecule has 0 bridgehead atoms. The van der Waals surface area contributed by atoms with Gasteiger partial charge in [0.05, 0.1) is 31.1 Å². The summed E-state index contributed by atoms with van der Waals surface area (Å²) >= 11 is 0. The molecule has 47 heavy (non-hydrogen) atoms. The standard InChI is InChI=1S/C24H52N.C18H30O3S/c1-5-9-13-17-21-25(22-18-14-10-6-2,23-19-15-11-7-3)24-20-16-12-8-4;1-2-3-4-5-6-7-8-9-10-11-14-17-15-12-13-16-18(17)22(19,20)21/h5-24H2,1-4H3;12-13,15-16H,2-11,14H2,1H3,(H,19,20,21)/q+1;/p-1. The fourth-order valence-electron chi connectivity index (χ4n) is 6.92. The van der Waals surface area contributed by atoms with Gasteiger partial charge in [0, 0.05) is 0 Å². The molecule has 4 nitrogen and oxygen atoms in total. The number of aryl methyl sites for hydroxylation is 1. The van der Waals surface area contributed by atoms with Crippen LogP contribution in [0, 0.1) is 0 Å². The lowest BCUT2D eigenvalue weighted by Gasteiger charge is -2.39. The molecule has 0 N–H and O–H groups in total. The lowest BCUT2D eigenvalue weighted by Crippen LogP contribution is -2.50. The Bertz CT molecular complexity index is 847. The highest BCUT2D eigenvalue weighted by Gasteiger charge is 2.25. The number of benzene rings is 1. The van der Waals surface area contributed by atoms with E-state index < -0.39 is 10.1 Å². The minimum absolute atomic E-state index is 0.0501.